The van der Waals surface area contributed by atoms with Gasteiger partial charge in [0.2, 0.25) is 5.95 Å². The van der Waals surface area contributed by atoms with Crippen molar-refractivity contribution in [3.05, 3.63) is 41.4 Å². The smallest absolute Gasteiger partial charge is 0.257 e. The SMILES string of the molecule is Cc1ccc(-c2nc(N)nc(-n3cncn3)n2)cc1Cl. The number of nitrogens with two attached hydrogens (primary N) is 1. The number of anilines is 1. The third-order valence-corrected chi connectivity index (χ3v) is 3.10. The number of halogens is 1. The van der Waals surface area contributed by atoms with Crippen molar-refractivity contribution in [1.29, 1.82) is 0 Å². The first kappa shape index (κ1) is 12.5. The van der Waals surface area contributed by atoms with Crippen molar-refractivity contribution in [2.75, 3.05) is 5.73 Å². The quantitative estimate of drug-likeness (QED) is 0.770. The van der Waals surface area contributed by atoms with Gasteiger partial charge in [-0.1, -0.05) is 23.7 Å². The number of nitrogen functional groups attached to an aromatic ring is 1. The topological polar surface area (TPSA) is 95.4 Å². The lowest BCUT2D eigenvalue weighted by Crippen LogP contribution is -2.08. The van der Waals surface area contributed by atoms with Crippen molar-refractivity contribution in [1.82, 2.24) is 29.7 Å². The minimum absolute atomic E-state index is 0.109. The summed E-state index contributed by atoms with van der Waals surface area (Å²) in [5.41, 5.74) is 7.45. The second kappa shape index (κ2) is 4.86. The molecule has 2 N–H and O–H groups in total. The summed E-state index contributed by atoms with van der Waals surface area (Å²) in [4.78, 5) is 16.3. The Morgan fingerprint density at radius 3 is 2.75 bits per heavy atom. The predicted molar refractivity (Wildman–Crippen MR) is 74.3 cm³/mol. The van der Waals surface area contributed by atoms with E-state index in [1.807, 2.05) is 19.1 Å². The van der Waals surface area contributed by atoms with E-state index in [0.717, 1.165) is 11.1 Å². The second-order valence-electron chi connectivity index (χ2n) is 4.12. The van der Waals surface area contributed by atoms with Gasteiger partial charge in [0.1, 0.15) is 12.7 Å². The zero-order chi connectivity index (χ0) is 14.1. The fourth-order valence-corrected chi connectivity index (χ4v) is 1.84. The van der Waals surface area contributed by atoms with Crippen LogP contribution in [0, 0.1) is 6.92 Å². The average molecular weight is 288 g/mol. The molecule has 3 rings (SSSR count). The third kappa shape index (κ3) is 2.30. The second-order valence-corrected chi connectivity index (χ2v) is 4.53. The van der Waals surface area contributed by atoms with Crippen molar-refractivity contribution in [3.8, 4) is 17.3 Å². The summed E-state index contributed by atoms with van der Waals surface area (Å²) in [6, 6.07) is 5.56. The van der Waals surface area contributed by atoms with E-state index in [-0.39, 0.29) is 5.95 Å². The Kier molecular flexibility index (Phi) is 3.03. The van der Waals surface area contributed by atoms with E-state index in [1.165, 1.54) is 17.3 Å². The van der Waals surface area contributed by atoms with Gasteiger partial charge in [-0.3, -0.25) is 0 Å². The normalized spacial score (nSPS) is 10.7. The number of aromatic nitrogens is 6. The maximum atomic E-state index is 6.11. The Balaban J connectivity index is 2.12. The summed E-state index contributed by atoms with van der Waals surface area (Å²) in [5, 5.41) is 4.61. The Morgan fingerprint density at radius 2 is 2.05 bits per heavy atom. The van der Waals surface area contributed by atoms with Gasteiger partial charge in [0.25, 0.3) is 5.95 Å². The molecule has 0 saturated heterocycles. The van der Waals surface area contributed by atoms with E-state index in [0.29, 0.717) is 16.8 Å². The summed E-state index contributed by atoms with van der Waals surface area (Å²) in [6.45, 7) is 1.93. The third-order valence-electron chi connectivity index (χ3n) is 2.69. The number of hydrogen-bond acceptors (Lipinski definition) is 6. The van der Waals surface area contributed by atoms with E-state index in [4.69, 9.17) is 17.3 Å². The van der Waals surface area contributed by atoms with Crippen LogP contribution in [0.1, 0.15) is 5.56 Å². The standard InChI is InChI=1S/C12H10ClN7/c1-7-2-3-8(4-9(7)13)10-17-11(14)19-12(18-10)20-6-15-5-16-20/h2-6H,1H3,(H2,14,17,18,19). The largest absolute Gasteiger partial charge is 0.368 e. The molecule has 0 fully saturated rings. The first-order valence-electron chi connectivity index (χ1n) is 5.76. The molecule has 20 heavy (non-hydrogen) atoms. The molecule has 0 atom stereocenters. The zero-order valence-corrected chi connectivity index (χ0v) is 11.3. The monoisotopic (exact) mass is 287 g/mol. The molecular formula is C12H10ClN7. The minimum atomic E-state index is 0.109. The van der Waals surface area contributed by atoms with E-state index in [2.05, 4.69) is 25.0 Å². The predicted octanol–water partition coefficient (Wildman–Crippen LogP) is 1.66. The van der Waals surface area contributed by atoms with Crippen LogP contribution in [0.4, 0.5) is 5.95 Å². The van der Waals surface area contributed by atoms with Gasteiger partial charge in [-0.25, -0.2) is 4.98 Å². The minimum Gasteiger partial charge on any atom is -0.368 e. The summed E-state index contributed by atoms with van der Waals surface area (Å²) in [6.07, 6.45) is 2.88. The van der Waals surface area contributed by atoms with Gasteiger partial charge < -0.3 is 5.73 Å². The molecule has 2 heterocycles. The Bertz CT molecular complexity index is 755. The zero-order valence-electron chi connectivity index (χ0n) is 10.5. The highest BCUT2D eigenvalue weighted by atomic mass is 35.5. The van der Waals surface area contributed by atoms with Crippen LogP contribution in [-0.2, 0) is 0 Å². The van der Waals surface area contributed by atoms with Crippen molar-refractivity contribution in [2.45, 2.75) is 6.92 Å². The van der Waals surface area contributed by atoms with E-state index >= 15 is 0 Å². The van der Waals surface area contributed by atoms with E-state index in [1.54, 1.807) is 6.07 Å². The lowest BCUT2D eigenvalue weighted by molar-refractivity contribution is 0.800. The van der Waals surface area contributed by atoms with Crippen LogP contribution >= 0.6 is 11.6 Å². The molecule has 0 bridgehead atoms. The molecule has 7 nitrogen and oxygen atoms in total. The fraction of sp³-hybridized carbons (Fsp3) is 0.0833. The molecule has 2 aromatic heterocycles. The number of aryl methyl sites for hydroxylation is 1. The molecule has 0 spiro atoms. The molecule has 0 aliphatic heterocycles. The van der Waals surface area contributed by atoms with Gasteiger partial charge in [-0.15, -0.1) is 0 Å². The van der Waals surface area contributed by atoms with Crippen LogP contribution in [0.15, 0.2) is 30.9 Å². The highest BCUT2D eigenvalue weighted by Crippen LogP contribution is 2.23. The van der Waals surface area contributed by atoms with Crippen molar-refractivity contribution in [2.24, 2.45) is 0 Å². The molecule has 0 unspecified atom stereocenters. The van der Waals surface area contributed by atoms with Gasteiger partial charge in [-0.05, 0) is 18.6 Å². The summed E-state index contributed by atoms with van der Waals surface area (Å²) >= 11 is 6.11. The Labute approximate surface area is 119 Å². The maximum Gasteiger partial charge on any atom is 0.257 e. The maximum absolute atomic E-state index is 6.11. The van der Waals surface area contributed by atoms with E-state index < -0.39 is 0 Å². The molecule has 0 amide bonds. The van der Waals surface area contributed by atoms with Crippen LogP contribution in [0.25, 0.3) is 17.3 Å². The first-order valence-corrected chi connectivity index (χ1v) is 6.14. The highest BCUT2D eigenvalue weighted by Gasteiger charge is 2.10. The fourth-order valence-electron chi connectivity index (χ4n) is 1.66. The Morgan fingerprint density at radius 1 is 1.20 bits per heavy atom. The van der Waals surface area contributed by atoms with Crippen LogP contribution in [0.3, 0.4) is 0 Å². The molecule has 0 aliphatic carbocycles. The molecule has 100 valence electrons. The number of nitrogens with zero attached hydrogens (tertiary/aromatic N) is 6. The van der Waals surface area contributed by atoms with Crippen LogP contribution in [0.5, 0.6) is 0 Å². The lowest BCUT2D eigenvalue weighted by Gasteiger charge is -2.05. The van der Waals surface area contributed by atoms with E-state index in [9.17, 15) is 0 Å². The Hall–Kier alpha value is -2.54. The molecular weight excluding hydrogens is 278 g/mol. The van der Waals surface area contributed by atoms with Gasteiger partial charge in [0.05, 0.1) is 0 Å². The van der Waals surface area contributed by atoms with Crippen LogP contribution in [0.2, 0.25) is 5.02 Å². The van der Waals surface area contributed by atoms with Crippen molar-refractivity contribution >= 4 is 17.5 Å². The lowest BCUT2D eigenvalue weighted by atomic mass is 10.1. The summed E-state index contributed by atoms with van der Waals surface area (Å²) in [5.74, 6) is 0.851. The highest BCUT2D eigenvalue weighted by molar-refractivity contribution is 6.31. The molecule has 1 aromatic carbocycles. The number of rotatable bonds is 2. The van der Waals surface area contributed by atoms with Crippen molar-refractivity contribution < 1.29 is 0 Å². The molecule has 3 aromatic rings. The first-order chi connectivity index (χ1) is 9.63. The van der Waals surface area contributed by atoms with Gasteiger partial charge >= 0.3 is 0 Å². The molecule has 0 aliphatic rings. The summed E-state index contributed by atoms with van der Waals surface area (Å²) < 4.78 is 1.41. The molecule has 8 heteroatoms. The number of hydrogen-bond donors (Lipinski definition) is 1. The van der Waals surface area contributed by atoms with Gasteiger partial charge in [-0.2, -0.15) is 24.7 Å². The molecule has 0 saturated carbocycles. The average Bonchev–Trinajstić information content (AvgIpc) is 2.95. The number of benzene rings is 1. The van der Waals surface area contributed by atoms with Gasteiger partial charge in [0, 0.05) is 10.6 Å². The molecule has 0 radical (unpaired) electrons. The summed E-state index contributed by atoms with van der Waals surface area (Å²) in [7, 11) is 0. The van der Waals surface area contributed by atoms with Crippen molar-refractivity contribution in [3.63, 3.8) is 0 Å². The van der Waals surface area contributed by atoms with Crippen LogP contribution < -0.4 is 5.73 Å². The van der Waals surface area contributed by atoms with Gasteiger partial charge in [0.15, 0.2) is 5.82 Å². The van der Waals surface area contributed by atoms with Crippen LogP contribution in [-0.4, -0.2) is 29.7 Å².